The minimum atomic E-state index is -1.07. The Morgan fingerprint density at radius 2 is 1.77 bits per heavy atom. The molecule has 2 rings (SSSR count). The van der Waals surface area contributed by atoms with E-state index in [1.54, 1.807) is 13.8 Å². The van der Waals surface area contributed by atoms with Crippen molar-refractivity contribution in [3.05, 3.63) is 17.5 Å². The molecule has 1 aromatic heterocycles. The van der Waals surface area contributed by atoms with Crippen LogP contribution in [0.4, 0.5) is 0 Å². The fourth-order valence-corrected chi connectivity index (χ4v) is 3.59. The number of ketones is 1. The number of hydrogen-bond donors (Lipinski definition) is 3. The predicted octanol–water partition coefficient (Wildman–Crippen LogP) is 1.15. The molecule has 11 nitrogen and oxygen atoms in total. The molecule has 1 aromatic rings. The van der Waals surface area contributed by atoms with Crippen LogP contribution >= 0.6 is 0 Å². The zero-order valence-corrected chi connectivity index (χ0v) is 21.6. The summed E-state index contributed by atoms with van der Waals surface area (Å²) >= 11 is 0. The third kappa shape index (κ3) is 7.86. The van der Waals surface area contributed by atoms with E-state index in [0.717, 1.165) is 0 Å². The second-order valence-electron chi connectivity index (χ2n) is 9.75. The molecule has 0 bridgehead atoms. The van der Waals surface area contributed by atoms with Gasteiger partial charge in [0.25, 0.3) is 5.91 Å². The van der Waals surface area contributed by atoms with E-state index in [-0.39, 0.29) is 29.9 Å². The number of hydrogen-bond acceptors (Lipinski definition) is 8. The number of nitrogens with zero attached hydrogens (tertiary/aromatic N) is 1. The first-order valence-corrected chi connectivity index (χ1v) is 11.9. The molecule has 1 aliphatic heterocycles. The van der Waals surface area contributed by atoms with E-state index >= 15 is 0 Å². The van der Waals surface area contributed by atoms with Gasteiger partial charge in [0.15, 0.2) is 11.5 Å². The van der Waals surface area contributed by atoms with Crippen molar-refractivity contribution in [3.8, 4) is 0 Å². The quantitative estimate of drug-likeness (QED) is 0.326. The lowest BCUT2D eigenvalue weighted by Crippen LogP contribution is -2.59. The standard InChI is InChI=1S/C24H38N4O7/c1-8-14(4)19(23(32)25-16(9-13(2)3)20(29)24(6)12-34-24)27-22(31)18(11-33-7)26-21(30)17-10-15(5)35-28-17/h10,13-14,16,18-19H,8-9,11-12H2,1-7H3,(H,25,32)(H,26,30)(H,27,31)/t14-,16?,18-,19?,24+/m0/s1. The highest BCUT2D eigenvalue weighted by Crippen LogP contribution is 2.29. The Morgan fingerprint density at radius 1 is 1.11 bits per heavy atom. The molecule has 3 amide bonds. The number of epoxide rings is 1. The molecular formula is C24H38N4O7. The van der Waals surface area contributed by atoms with Crippen LogP contribution in [-0.4, -0.2) is 72.7 Å². The van der Waals surface area contributed by atoms with Crippen molar-refractivity contribution in [2.24, 2.45) is 11.8 Å². The monoisotopic (exact) mass is 494 g/mol. The molecule has 2 heterocycles. The average molecular weight is 495 g/mol. The van der Waals surface area contributed by atoms with E-state index in [0.29, 0.717) is 25.2 Å². The van der Waals surface area contributed by atoms with Crippen LogP contribution < -0.4 is 16.0 Å². The highest BCUT2D eigenvalue weighted by Gasteiger charge is 2.50. The Morgan fingerprint density at radius 3 is 2.26 bits per heavy atom. The second-order valence-corrected chi connectivity index (χ2v) is 9.75. The van der Waals surface area contributed by atoms with Crippen LogP contribution in [0.2, 0.25) is 0 Å². The van der Waals surface area contributed by atoms with Crippen LogP contribution in [0.5, 0.6) is 0 Å². The Kier molecular flexibility index (Phi) is 9.96. The van der Waals surface area contributed by atoms with Crippen molar-refractivity contribution in [2.45, 2.75) is 78.1 Å². The number of methoxy groups -OCH3 is 1. The lowest BCUT2D eigenvalue weighted by Gasteiger charge is -2.29. The fraction of sp³-hybridized carbons (Fsp3) is 0.708. The molecule has 0 aromatic carbocycles. The molecule has 0 aliphatic carbocycles. The number of carbonyl (C=O) groups excluding carboxylic acids is 4. The van der Waals surface area contributed by atoms with E-state index in [4.69, 9.17) is 14.0 Å². The van der Waals surface area contributed by atoms with E-state index in [1.165, 1.54) is 13.2 Å². The summed E-state index contributed by atoms with van der Waals surface area (Å²) in [5.74, 6) is -1.48. The lowest BCUT2D eigenvalue weighted by atomic mass is 9.92. The molecule has 5 atom stereocenters. The number of amides is 3. The molecule has 196 valence electrons. The van der Waals surface area contributed by atoms with E-state index < -0.39 is 41.4 Å². The Hall–Kier alpha value is -2.79. The predicted molar refractivity (Wildman–Crippen MR) is 127 cm³/mol. The maximum atomic E-state index is 13.3. The van der Waals surface area contributed by atoms with Gasteiger partial charge in [0, 0.05) is 13.2 Å². The van der Waals surface area contributed by atoms with Gasteiger partial charge in [-0.25, -0.2) is 0 Å². The van der Waals surface area contributed by atoms with Crippen molar-refractivity contribution in [1.29, 1.82) is 0 Å². The molecule has 1 saturated heterocycles. The van der Waals surface area contributed by atoms with Gasteiger partial charge in [-0.1, -0.05) is 39.3 Å². The number of carbonyl (C=O) groups is 4. The van der Waals surface area contributed by atoms with Crippen molar-refractivity contribution in [3.63, 3.8) is 0 Å². The zero-order chi connectivity index (χ0) is 26.3. The lowest BCUT2D eigenvalue weighted by molar-refractivity contribution is -0.134. The van der Waals surface area contributed by atoms with Crippen LogP contribution in [0.3, 0.4) is 0 Å². The number of aryl methyl sites for hydroxylation is 1. The normalized spacial score (nSPS) is 20.5. The number of aromatic nitrogens is 1. The Labute approximate surface area is 206 Å². The second kappa shape index (κ2) is 12.3. The van der Waals surface area contributed by atoms with Gasteiger partial charge < -0.3 is 29.9 Å². The third-order valence-corrected chi connectivity index (χ3v) is 6.05. The number of rotatable bonds is 14. The Bertz CT molecular complexity index is 909. The third-order valence-electron chi connectivity index (χ3n) is 6.05. The summed E-state index contributed by atoms with van der Waals surface area (Å²) < 4.78 is 15.3. The summed E-state index contributed by atoms with van der Waals surface area (Å²) in [6.07, 6.45) is 1.05. The van der Waals surface area contributed by atoms with Crippen molar-refractivity contribution >= 4 is 23.5 Å². The molecular weight excluding hydrogens is 456 g/mol. The molecule has 11 heteroatoms. The summed E-state index contributed by atoms with van der Waals surface area (Å²) in [4.78, 5) is 51.8. The molecule has 1 fully saturated rings. The highest BCUT2D eigenvalue weighted by atomic mass is 16.6. The van der Waals surface area contributed by atoms with Crippen LogP contribution in [0.15, 0.2) is 10.6 Å². The van der Waals surface area contributed by atoms with E-state index in [1.807, 2.05) is 27.7 Å². The van der Waals surface area contributed by atoms with E-state index in [2.05, 4.69) is 21.1 Å². The van der Waals surface area contributed by atoms with E-state index in [9.17, 15) is 19.2 Å². The molecule has 0 radical (unpaired) electrons. The number of nitrogens with one attached hydrogen (secondary N) is 3. The summed E-state index contributed by atoms with van der Waals surface area (Å²) in [6.45, 7) is 11.2. The van der Waals surface area contributed by atoms with Crippen molar-refractivity contribution < 1.29 is 33.2 Å². The zero-order valence-electron chi connectivity index (χ0n) is 21.6. The molecule has 0 saturated carbocycles. The number of ether oxygens (including phenoxy) is 2. The van der Waals surface area contributed by atoms with Gasteiger partial charge in [-0.15, -0.1) is 0 Å². The molecule has 2 unspecified atom stereocenters. The first-order chi connectivity index (χ1) is 16.4. The first kappa shape index (κ1) is 28.4. The van der Waals surface area contributed by atoms with Crippen LogP contribution in [0.1, 0.15) is 63.7 Å². The van der Waals surface area contributed by atoms with Crippen LogP contribution in [0, 0.1) is 18.8 Å². The molecule has 3 N–H and O–H groups in total. The highest BCUT2D eigenvalue weighted by molar-refractivity contribution is 5.99. The average Bonchev–Trinajstić information content (AvgIpc) is 3.40. The van der Waals surface area contributed by atoms with Gasteiger partial charge in [-0.3, -0.25) is 19.2 Å². The van der Waals surface area contributed by atoms with Gasteiger partial charge in [0.1, 0.15) is 23.4 Å². The minimum Gasteiger partial charge on any atom is -0.382 e. The maximum absolute atomic E-state index is 13.3. The van der Waals surface area contributed by atoms with Crippen LogP contribution in [-0.2, 0) is 23.9 Å². The van der Waals surface area contributed by atoms with Crippen molar-refractivity contribution in [1.82, 2.24) is 21.1 Å². The first-order valence-electron chi connectivity index (χ1n) is 11.9. The smallest absolute Gasteiger partial charge is 0.274 e. The number of Topliss-reactive ketones (excluding diaryl/α,β-unsaturated/α-hetero) is 1. The Balaban J connectivity index is 2.14. The van der Waals surface area contributed by atoms with Crippen LogP contribution in [0.25, 0.3) is 0 Å². The van der Waals surface area contributed by atoms with Gasteiger partial charge in [-0.05, 0) is 32.1 Å². The summed E-state index contributed by atoms with van der Waals surface area (Å²) in [5, 5.41) is 11.8. The molecule has 1 aliphatic rings. The molecule has 0 spiro atoms. The van der Waals surface area contributed by atoms with Gasteiger partial charge in [-0.2, -0.15) is 0 Å². The minimum absolute atomic E-state index is 0.0263. The van der Waals surface area contributed by atoms with Crippen molar-refractivity contribution in [2.75, 3.05) is 20.3 Å². The largest absolute Gasteiger partial charge is 0.382 e. The van der Waals surface area contributed by atoms with Gasteiger partial charge in [0.05, 0.1) is 19.3 Å². The topological polar surface area (TPSA) is 152 Å². The van der Waals surface area contributed by atoms with Gasteiger partial charge >= 0.3 is 0 Å². The molecule has 35 heavy (non-hydrogen) atoms. The SMILES string of the molecule is CC[C@H](C)C(NC(=O)[C@H](COC)NC(=O)c1cc(C)on1)C(=O)NC(CC(C)C)C(=O)[C@@]1(C)CO1. The summed E-state index contributed by atoms with van der Waals surface area (Å²) in [7, 11) is 1.40. The maximum Gasteiger partial charge on any atom is 0.274 e. The summed E-state index contributed by atoms with van der Waals surface area (Å²) in [6, 6.07) is -1.28. The van der Waals surface area contributed by atoms with Gasteiger partial charge in [0.2, 0.25) is 11.8 Å². The summed E-state index contributed by atoms with van der Waals surface area (Å²) in [5.41, 5.74) is -0.853. The fourth-order valence-electron chi connectivity index (χ4n) is 3.59.